The highest BCUT2D eigenvalue weighted by Crippen LogP contribution is 2.34. The second kappa shape index (κ2) is 10.1. The summed E-state index contributed by atoms with van der Waals surface area (Å²) in [6.07, 6.45) is 1.60. The first kappa shape index (κ1) is 22.4. The van der Waals surface area contributed by atoms with Crippen LogP contribution in [0.3, 0.4) is 0 Å². The van der Waals surface area contributed by atoms with Gasteiger partial charge >= 0.3 is 5.97 Å². The third kappa shape index (κ3) is 5.65. The van der Waals surface area contributed by atoms with Crippen molar-refractivity contribution in [3.63, 3.8) is 0 Å². The number of halogens is 2. The van der Waals surface area contributed by atoms with Crippen LogP contribution >= 0.6 is 39.3 Å². The molecule has 2 aromatic carbocycles. The summed E-state index contributed by atoms with van der Waals surface area (Å²) in [7, 11) is 0. The first-order chi connectivity index (χ1) is 14.4. The summed E-state index contributed by atoms with van der Waals surface area (Å²) in [5.74, 6) is -0.499. The highest BCUT2D eigenvalue weighted by Gasteiger charge is 2.36. The minimum absolute atomic E-state index is 0.186. The Morgan fingerprint density at radius 3 is 2.60 bits per heavy atom. The zero-order valence-electron chi connectivity index (χ0n) is 15.9. The van der Waals surface area contributed by atoms with Gasteiger partial charge in [-0.1, -0.05) is 29.8 Å². The number of thioether (sulfide) groups is 1. The lowest BCUT2D eigenvalue weighted by molar-refractivity contribution is -0.145. The predicted molar refractivity (Wildman–Crippen MR) is 119 cm³/mol. The second-order valence-electron chi connectivity index (χ2n) is 6.18. The number of ether oxygens (including phenoxy) is 2. The van der Waals surface area contributed by atoms with Gasteiger partial charge in [0.1, 0.15) is 18.9 Å². The average molecular weight is 511 g/mol. The van der Waals surface area contributed by atoms with Gasteiger partial charge in [0.05, 0.1) is 16.0 Å². The molecular weight excluding hydrogens is 494 g/mol. The summed E-state index contributed by atoms with van der Waals surface area (Å²) in [6.45, 7) is 1.83. The Morgan fingerprint density at radius 2 is 1.93 bits per heavy atom. The average Bonchev–Trinajstić information content (AvgIpc) is 2.96. The van der Waals surface area contributed by atoms with Crippen molar-refractivity contribution in [1.29, 1.82) is 0 Å². The summed E-state index contributed by atoms with van der Waals surface area (Å²) in [6, 6.07) is 12.7. The Hall–Kier alpha value is -2.29. The van der Waals surface area contributed by atoms with E-state index in [1.54, 1.807) is 43.3 Å². The normalized spacial score (nSPS) is 15.0. The molecule has 9 heteroatoms. The number of nitrogens with zero attached hydrogens (tertiary/aromatic N) is 1. The lowest BCUT2D eigenvalue weighted by Crippen LogP contribution is -2.34. The maximum absolute atomic E-state index is 12.5. The van der Waals surface area contributed by atoms with Gasteiger partial charge in [-0.2, -0.15) is 0 Å². The predicted octanol–water partition coefficient (Wildman–Crippen LogP) is 5.28. The summed E-state index contributed by atoms with van der Waals surface area (Å²) in [5.41, 5.74) is 1.69. The van der Waals surface area contributed by atoms with Crippen LogP contribution in [0.15, 0.2) is 51.8 Å². The topological polar surface area (TPSA) is 72.9 Å². The van der Waals surface area contributed by atoms with E-state index in [0.717, 1.165) is 22.2 Å². The van der Waals surface area contributed by atoms with Gasteiger partial charge in [0.2, 0.25) is 0 Å². The fourth-order valence-corrected chi connectivity index (χ4v) is 4.06. The number of hydrogen-bond acceptors (Lipinski definition) is 6. The van der Waals surface area contributed by atoms with Crippen LogP contribution in [0.4, 0.5) is 4.79 Å². The van der Waals surface area contributed by atoms with Gasteiger partial charge in [-0.3, -0.25) is 19.3 Å². The summed E-state index contributed by atoms with van der Waals surface area (Å²) < 4.78 is 11.3. The minimum atomic E-state index is -0.619. The Morgan fingerprint density at radius 1 is 1.20 bits per heavy atom. The van der Waals surface area contributed by atoms with Crippen molar-refractivity contribution in [2.75, 3.05) is 13.2 Å². The van der Waals surface area contributed by atoms with E-state index < -0.39 is 23.7 Å². The van der Waals surface area contributed by atoms with E-state index in [-0.39, 0.29) is 11.5 Å². The molecule has 156 valence electrons. The number of hydrogen-bond donors (Lipinski definition) is 0. The van der Waals surface area contributed by atoms with Gasteiger partial charge in [-0.05, 0) is 76.1 Å². The van der Waals surface area contributed by atoms with Crippen LogP contribution in [0, 0.1) is 0 Å². The third-order valence-corrected chi connectivity index (χ3v) is 5.81. The van der Waals surface area contributed by atoms with Crippen molar-refractivity contribution < 1.29 is 23.9 Å². The first-order valence-corrected chi connectivity index (χ1v) is 10.9. The molecule has 0 bridgehead atoms. The second-order valence-corrected chi connectivity index (χ2v) is 8.46. The van der Waals surface area contributed by atoms with Crippen LogP contribution in [0.5, 0.6) is 5.75 Å². The van der Waals surface area contributed by atoms with E-state index in [2.05, 4.69) is 15.9 Å². The zero-order chi connectivity index (χ0) is 21.7. The van der Waals surface area contributed by atoms with Crippen molar-refractivity contribution in [3.8, 4) is 5.75 Å². The maximum Gasteiger partial charge on any atom is 0.326 e. The van der Waals surface area contributed by atoms with E-state index in [4.69, 9.17) is 21.1 Å². The van der Waals surface area contributed by atoms with Crippen LogP contribution in [-0.4, -0.2) is 35.2 Å². The van der Waals surface area contributed by atoms with Gasteiger partial charge in [-0.15, -0.1) is 0 Å². The van der Waals surface area contributed by atoms with Crippen molar-refractivity contribution >= 4 is 62.5 Å². The Balaban J connectivity index is 1.68. The molecule has 0 N–H and O–H groups in total. The molecule has 1 fully saturated rings. The number of carbonyl (C=O) groups is 3. The summed E-state index contributed by atoms with van der Waals surface area (Å²) >= 11 is 10.1. The molecule has 0 atom stereocenters. The third-order valence-electron chi connectivity index (χ3n) is 4.03. The number of carbonyl (C=O) groups excluding carboxylic acids is 3. The van der Waals surface area contributed by atoms with Gasteiger partial charge in [-0.25, -0.2) is 0 Å². The molecule has 1 aliphatic rings. The molecule has 0 spiro atoms. The van der Waals surface area contributed by atoms with E-state index in [0.29, 0.717) is 27.4 Å². The summed E-state index contributed by atoms with van der Waals surface area (Å²) in [5, 5.41) is 0.164. The Labute approximate surface area is 191 Å². The molecule has 0 aromatic heterocycles. The molecule has 0 radical (unpaired) electrons. The molecule has 1 heterocycles. The first-order valence-electron chi connectivity index (χ1n) is 8.95. The molecule has 0 aliphatic carbocycles. The Bertz CT molecular complexity index is 1010. The number of esters is 1. The number of rotatable bonds is 7. The maximum atomic E-state index is 12.5. The molecule has 6 nitrogen and oxygen atoms in total. The highest BCUT2D eigenvalue weighted by molar-refractivity contribution is 9.10. The van der Waals surface area contributed by atoms with Gasteiger partial charge in [0.15, 0.2) is 0 Å². The van der Waals surface area contributed by atoms with Gasteiger partial charge in [0.25, 0.3) is 11.1 Å². The zero-order valence-corrected chi connectivity index (χ0v) is 19.1. The van der Waals surface area contributed by atoms with E-state index in [1.165, 1.54) is 0 Å². The van der Waals surface area contributed by atoms with Crippen LogP contribution in [0.25, 0.3) is 6.08 Å². The van der Waals surface area contributed by atoms with Gasteiger partial charge in [0, 0.05) is 5.02 Å². The van der Waals surface area contributed by atoms with Crippen molar-refractivity contribution in [2.24, 2.45) is 0 Å². The number of benzene rings is 2. The fraction of sp³-hybridized carbons (Fsp3) is 0.190. The molecule has 0 saturated carbocycles. The lowest BCUT2D eigenvalue weighted by atomic mass is 10.2. The Kier molecular flexibility index (Phi) is 7.58. The van der Waals surface area contributed by atoms with E-state index >= 15 is 0 Å². The molecule has 0 unspecified atom stereocenters. The molecule has 2 aromatic rings. The van der Waals surface area contributed by atoms with Crippen molar-refractivity contribution in [3.05, 3.63) is 68.0 Å². The van der Waals surface area contributed by atoms with Crippen LogP contribution in [-0.2, 0) is 20.9 Å². The lowest BCUT2D eigenvalue weighted by Gasteiger charge is -2.11. The highest BCUT2D eigenvalue weighted by atomic mass is 79.9. The molecule has 30 heavy (non-hydrogen) atoms. The molecule has 3 rings (SSSR count). The SMILES string of the molecule is CCOC(=O)CN1C(=O)S/C(=C\c2ccc(OCc3ccc(Cl)cc3)c(Br)c2)C1=O. The van der Waals surface area contributed by atoms with Crippen molar-refractivity contribution in [1.82, 2.24) is 4.90 Å². The monoisotopic (exact) mass is 509 g/mol. The number of imide groups is 1. The summed E-state index contributed by atoms with van der Waals surface area (Å²) in [4.78, 5) is 37.2. The molecule has 1 aliphatic heterocycles. The van der Waals surface area contributed by atoms with Crippen LogP contribution < -0.4 is 4.74 Å². The molecule has 1 saturated heterocycles. The molecule has 2 amide bonds. The fourth-order valence-electron chi connectivity index (χ4n) is 2.59. The number of amides is 2. The van der Waals surface area contributed by atoms with Crippen LogP contribution in [0.1, 0.15) is 18.1 Å². The molecular formula is C21H17BrClNO5S. The smallest absolute Gasteiger partial charge is 0.326 e. The van der Waals surface area contributed by atoms with Gasteiger partial charge < -0.3 is 9.47 Å². The van der Waals surface area contributed by atoms with E-state index in [9.17, 15) is 14.4 Å². The van der Waals surface area contributed by atoms with E-state index in [1.807, 2.05) is 12.1 Å². The minimum Gasteiger partial charge on any atom is -0.488 e. The largest absolute Gasteiger partial charge is 0.488 e. The van der Waals surface area contributed by atoms with Crippen molar-refractivity contribution in [2.45, 2.75) is 13.5 Å². The quantitative estimate of drug-likeness (QED) is 0.373. The standard InChI is InChI=1S/C21H17BrClNO5S/c1-2-28-19(25)11-24-20(26)18(30-21(24)27)10-14-5-8-17(16(22)9-14)29-12-13-3-6-15(23)7-4-13/h3-10H,2,11-12H2,1H3/b18-10-. The van der Waals surface area contributed by atoms with Crippen LogP contribution in [0.2, 0.25) is 5.02 Å².